The molecule has 0 aliphatic carbocycles. The minimum absolute atomic E-state index is 0.177. The Bertz CT molecular complexity index is 230. The first kappa shape index (κ1) is 11.2. The van der Waals surface area contributed by atoms with Crippen molar-refractivity contribution in [2.75, 3.05) is 33.8 Å². The molecule has 14 heavy (non-hydrogen) atoms. The zero-order valence-corrected chi connectivity index (χ0v) is 8.88. The van der Waals surface area contributed by atoms with Crippen LogP contribution in [-0.4, -0.2) is 50.2 Å². The molecular weight excluding hydrogens is 180 g/mol. The van der Waals surface area contributed by atoms with E-state index in [1.165, 1.54) is 7.11 Å². The van der Waals surface area contributed by atoms with Crippen LogP contribution < -0.4 is 5.32 Å². The molecule has 4 heteroatoms. The van der Waals surface area contributed by atoms with Crippen molar-refractivity contribution in [2.24, 2.45) is 0 Å². The smallest absolute Gasteiger partial charge is 0.327 e. The lowest BCUT2D eigenvalue weighted by Crippen LogP contribution is -2.54. The second-order valence-corrected chi connectivity index (χ2v) is 3.73. The van der Waals surface area contributed by atoms with Gasteiger partial charge in [0, 0.05) is 19.6 Å². The molecule has 0 spiro atoms. The van der Waals surface area contributed by atoms with Gasteiger partial charge in [-0.3, -0.25) is 10.1 Å². The fourth-order valence-corrected chi connectivity index (χ4v) is 1.85. The van der Waals surface area contributed by atoms with E-state index in [4.69, 9.17) is 4.74 Å². The van der Waals surface area contributed by atoms with Gasteiger partial charge >= 0.3 is 5.97 Å². The number of nitrogens with one attached hydrogen (secondary N) is 1. The molecule has 80 valence electrons. The van der Waals surface area contributed by atoms with Crippen molar-refractivity contribution < 1.29 is 9.53 Å². The molecule has 0 saturated carbocycles. The molecule has 4 nitrogen and oxygen atoms in total. The van der Waals surface area contributed by atoms with E-state index in [9.17, 15) is 4.79 Å². The lowest BCUT2D eigenvalue weighted by molar-refractivity contribution is -0.148. The summed E-state index contributed by atoms with van der Waals surface area (Å²) in [5.41, 5.74) is -0.530. The monoisotopic (exact) mass is 198 g/mol. The van der Waals surface area contributed by atoms with Crippen LogP contribution in [-0.2, 0) is 9.53 Å². The van der Waals surface area contributed by atoms with Crippen molar-refractivity contribution >= 4 is 5.97 Å². The Hall–Kier alpha value is -0.870. The molecule has 1 heterocycles. The number of esters is 1. The zero-order chi connectivity index (χ0) is 10.6. The fourth-order valence-electron chi connectivity index (χ4n) is 1.85. The van der Waals surface area contributed by atoms with E-state index < -0.39 is 5.54 Å². The molecule has 0 bridgehead atoms. The van der Waals surface area contributed by atoms with Crippen LogP contribution in [0.25, 0.3) is 0 Å². The summed E-state index contributed by atoms with van der Waals surface area (Å²) in [5.74, 6) is -0.177. The molecule has 1 rings (SSSR count). The highest BCUT2D eigenvalue weighted by Crippen LogP contribution is 2.21. The summed E-state index contributed by atoms with van der Waals surface area (Å²) in [6.07, 6.45) is 2.55. The summed E-state index contributed by atoms with van der Waals surface area (Å²) in [6, 6.07) is 0. The molecule has 1 aliphatic heterocycles. The molecule has 0 aromatic carbocycles. The molecule has 1 unspecified atom stereocenters. The zero-order valence-electron chi connectivity index (χ0n) is 8.88. The van der Waals surface area contributed by atoms with Gasteiger partial charge in [-0.25, -0.2) is 0 Å². The van der Waals surface area contributed by atoms with Crippen LogP contribution in [0.2, 0.25) is 0 Å². The highest BCUT2D eigenvalue weighted by Gasteiger charge is 2.43. The summed E-state index contributed by atoms with van der Waals surface area (Å²) in [6.45, 7) is 5.87. The number of carbonyl (C=O) groups is 1. The Morgan fingerprint density at radius 3 is 2.93 bits per heavy atom. The van der Waals surface area contributed by atoms with Crippen LogP contribution >= 0.6 is 0 Å². The first-order valence-electron chi connectivity index (χ1n) is 4.77. The van der Waals surface area contributed by atoms with Gasteiger partial charge in [0.1, 0.15) is 5.54 Å². The molecule has 1 fully saturated rings. The minimum atomic E-state index is -0.530. The highest BCUT2D eigenvalue weighted by atomic mass is 16.5. The fraction of sp³-hybridized carbons (Fsp3) is 0.700. The van der Waals surface area contributed by atoms with Crippen LogP contribution in [0, 0.1) is 0 Å². The van der Waals surface area contributed by atoms with E-state index >= 15 is 0 Å². The number of likely N-dealkylation sites (N-methyl/N-ethyl adjacent to an activating group) is 1. The molecule has 0 aromatic rings. The van der Waals surface area contributed by atoms with Crippen molar-refractivity contribution in [3.8, 4) is 0 Å². The Balaban J connectivity index is 2.69. The summed E-state index contributed by atoms with van der Waals surface area (Å²) in [4.78, 5) is 13.8. The van der Waals surface area contributed by atoms with E-state index in [1.54, 1.807) is 6.08 Å². The van der Waals surface area contributed by atoms with Gasteiger partial charge in [-0.05, 0) is 13.5 Å². The standard InChI is InChI=1S/C10H18N2O2/c1-4-6-11-10(9(13)14-3)5-7-12(2)8-10/h4,11H,1,5-8H2,2-3H3. The second kappa shape index (κ2) is 4.57. The maximum Gasteiger partial charge on any atom is 0.327 e. The Morgan fingerprint density at radius 2 is 2.50 bits per heavy atom. The van der Waals surface area contributed by atoms with E-state index in [2.05, 4.69) is 16.8 Å². The maximum absolute atomic E-state index is 11.6. The lowest BCUT2D eigenvalue weighted by atomic mass is 9.99. The SMILES string of the molecule is C=CCNC1(C(=O)OC)CCN(C)C1. The van der Waals surface area contributed by atoms with E-state index in [1.807, 2.05) is 7.05 Å². The van der Waals surface area contributed by atoms with Crippen molar-refractivity contribution in [1.29, 1.82) is 0 Å². The summed E-state index contributed by atoms with van der Waals surface area (Å²) < 4.78 is 4.82. The molecule has 1 N–H and O–H groups in total. The highest BCUT2D eigenvalue weighted by molar-refractivity contribution is 5.81. The lowest BCUT2D eigenvalue weighted by Gasteiger charge is -2.26. The predicted molar refractivity (Wildman–Crippen MR) is 55.1 cm³/mol. The van der Waals surface area contributed by atoms with Gasteiger partial charge < -0.3 is 9.64 Å². The molecule has 1 atom stereocenters. The Morgan fingerprint density at radius 1 is 1.79 bits per heavy atom. The number of hydrogen-bond donors (Lipinski definition) is 1. The minimum Gasteiger partial charge on any atom is -0.468 e. The average Bonchev–Trinajstić information content (AvgIpc) is 2.57. The second-order valence-electron chi connectivity index (χ2n) is 3.73. The van der Waals surface area contributed by atoms with Gasteiger partial charge in [0.2, 0.25) is 0 Å². The van der Waals surface area contributed by atoms with Crippen molar-refractivity contribution in [2.45, 2.75) is 12.0 Å². The van der Waals surface area contributed by atoms with Crippen LogP contribution in [0.1, 0.15) is 6.42 Å². The normalized spacial score (nSPS) is 27.6. The molecule has 1 aliphatic rings. The van der Waals surface area contributed by atoms with E-state index in [0.717, 1.165) is 13.0 Å². The number of nitrogens with zero attached hydrogens (tertiary/aromatic N) is 1. The van der Waals surface area contributed by atoms with Gasteiger partial charge in [0.05, 0.1) is 7.11 Å². The summed E-state index contributed by atoms with van der Waals surface area (Å²) in [5, 5.41) is 3.19. The quantitative estimate of drug-likeness (QED) is 0.510. The Kier molecular flexibility index (Phi) is 3.66. The number of rotatable bonds is 4. The van der Waals surface area contributed by atoms with Gasteiger partial charge in [-0.1, -0.05) is 6.08 Å². The number of ether oxygens (including phenoxy) is 1. The number of likely N-dealkylation sites (tertiary alicyclic amines) is 1. The predicted octanol–water partition coefficient (Wildman–Crippen LogP) is 0.00930. The summed E-state index contributed by atoms with van der Waals surface area (Å²) >= 11 is 0. The van der Waals surface area contributed by atoms with Crippen LogP contribution in [0.4, 0.5) is 0 Å². The first-order chi connectivity index (χ1) is 6.64. The van der Waals surface area contributed by atoms with E-state index in [-0.39, 0.29) is 5.97 Å². The number of carbonyl (C=O) groups excluding carboxylic acids is 1. The third-order valence-corrected chi connectivity index (χ3v) is 2.62. The van der Waals surface area contributed by atoms with E-state index in [0.29, 0.717) is 13.1 Å². The van der Waals surface area contributed by atoms with Crippen LogP contribution in [0.5, 0.6) is 0 Å². The molecular formula is C10H18N2O2. The molecule has 0 aromatic heterocycles. The van der Waals surface area contributed by atoms with Crippen LogP contribution in [0.3, 0.4) is 0 Å². The maximum atomic E-state index is 11.6. The largest absolute Gasteiger partial charge is 0.468 e. The molecule has 1 saturated heterocycles. The summed E-state index contributed by atoms with van der Waals surface area (Å²) in [7, 11) is 3.43. The average molecular weight is 198 g/mol. The van der Waals surface area contributed by atoms with Crippen molar-refractivity contribution in [1.82, 2.24) is 10.2 Å². The van der Waals surface area contributed by atoms with Crippen molar-refractivity contribution in [3.05, 3.63) is 12.7 Å². The van der Waals surface area contributed by atoms with Crippen molar-refractivity contribution in [3.63, 3.8) is 0 Å². The van der Waals surface area contributed by atoms with Gasteiger partial charge in [-0.15, -0.1) is 6.58 Å². The first-order valence-corrected chi connectivity index (χ1v) is 4.77. The topological polar surface area (TPSA) is 41.6 Å². The number of hydrogen-bond acceptors (Lipinski definition) is 4. The third kappa shape index (κ3) is 2.13. The van der Waals surface area contributed by atoms with Gasteiger partial charge in [-0.2, -0.15) is 0 Å². The third-order valence-electron chi connectivity index (χ3n) is 2.62. The van der Waals surface area contributed by atoms with Gasteiger partial charge in [0.15, 0.2) is 0 Å². The number of methoxy groups -OCH3 is 1. The molecule has 0 amide bonds. The molecule has 0 radical (unpaired) electrons. The van der Waals surface area contributed by atoms with Gasteiger partial charge in [0.25, 0.3) is 0 Å². The Labute approximate surface area is 84.9 Å². The van der Waals surface area contributed by atoms with Crippen LogP contribution in [0.15, 0.2) is 12.7 Å².